The number of amides is 1. The molecule has 1 N–H and O–H groups in total. The summed E-state index contributed by atoms with van der Waals surface area (Å²) < 4.78 is 2.29. The number of nitrogens with one attached hydrogen (secondary N) is 1. The van der Waals surface area contributed by atoms with Crippen molar-refractivity contribution >= 4 is 5.91 Å². The van der Waals surface area contributed by atoms with Gasteiger partial charge in [-0.1, -0.05) is 0 Å². The summed E-state index contributed by atoms with van der Waals surface area (Å²) in [6, 6.07) is 6.00. The van der Waals surface area contributed by atoms with E-state index in [1.54, 1.807) is 24.5 Å². The molecule has 4 heteroatoms. The van der Waals surface area contributed by atoms with Crippen LogP contribution in [0.5, 0.6) is 0 Å². The minimum Gasteiger partial charge on any atom is -0.348 e. The molecule has 0 aliphatic rings. The molecule has 0 atom stereocenters. The van der Waals surface area contributed by atoms with Gasteiger partial charge in [0.15, 0.2) is 0 Å². The molecule has 1 amide bonds. The molecule has 0 saturated carbocycles. The number of aryl methyl sites for hydroxylation is 1. The lowest BCUT2D eigenvalue weighted by Gasteiger charge is -2.14. The standard InChI is InChI=1S/C16H21N3O/c1-11(2)19-12(3)9-15(13(19)4)10-18-16(20)14-5-7-17-8-6-14/h5-9,11H,10H2,1-4H3,(H,18,20). The topological polar surface area (TPSA) is 46.9 Å². The van der Waals surface area contributed by atoms with Gasteiger partial charge in [0.1, 0.15) is 0 Å². The Hall–Kier alpha value is -2.10. The van der Waals surface area contributed by atoms with Crippen LogP contribution in [0, 0.1) is 13.8 Å². The van der Waals surface area contributed by atoms with Gasteiger partial charge in [0.05, 0.1) is 0 Å². The number of nitrogens with zero attached hydrogens (tertiary/aromatic N) is 2. The Balaban J connectivity index is 2.09. The van der Waals surface area contributed by atoms with Gasteiger partial charge in [0.2, 0.25) is 0 Å². The van der Waals surface area contributed by atoms with Gasteiger partial charge in [0.25, 0.3) is 5.91 Å². The second kappa shape index (κ2) is 5.90. The fraction of sp³-hybridized carbons (Fsp3) is 0.375. The molecule has 0 aromatic carbocycles. The molecule has 0 aliphatic heterocycles. The Bertz CT molecular complexity index is 600. The van der Waals surface area contributed by atoms with Gasteiger partial charge in [-0.3, -0.25) is 9.78 Å². The van der Waals surface area contributed by atoms with E-state index in [4.69, 9.17) is 0 Å². The Morgan fingerprint density at radius 1 is 1.30 bits per heavy atom. The number of rotatable bonds is 4. The van der Waals surface area contributed by atoms with Gasteiger partial charge in [0, 0.05) is 41.9 Å². The monoisotopic (exact) mass is 271 g/mol. The first kappa shape index (κ1) is 14.3. The van der Waals surface area contributed by atoms with Gasteiger partial charge < -0.3 is 9.88 Å². The van der Waals surface area contributed by atoms with E-state index in [1.807, 2.05) is 0 Å². The van der Waals surface area contributed by atoms with Crippen LogP contribution in [0.3, 0.4) is 0 Å². The Kier molecular flexibility index (Phi) is 4.23. The number of hydrogen-bond donors (Lipinski definition) is 1. The van der Waals surface area contributed by atoms with Crippen LogP contribution in [0.4, 0.5) is 0 Å². The maximum absolute atomic E-state index is 12.0. The maximum Gasteiger partial charge on any atom is 0.251 e. The molecule has 0 bridgehead atoms. The van der Waals surface area contributed by atoms with Crippen molar-refractivity contribution in [3.63, 3.8) is 0 Å². The van der Waals surface area contributed by atoms with Crippen LogP contribution in [-0.2, 0) is 6.54 Å². The van der Waals surface area contributed by atoms with Crippen LogP contribution in [-0.4, -0.2) is 15.5 Å². The molecule has 106 valence electrons. The molecule has 2 rings (SSSR count). The molecule has 0 aliphatic carbocycles. The van der Waals surface area contributed by atoms with Crippen molar-refractivity contribution in [2.75, 3.05) is 0 Å². The van der Waals surface area contributed by atoms with Crippen LogP contribution in [0.2, 0.25) is 0 Å². The molecule has 4 nitrogen and oxygen atoms in total. The summed E-state index contributed by atoms with van der Waals surface area (Å²) in [4.78, 5) is 15.9. The third-order valence-corrected chi connectivity index (χ3v) is 3.49. The SMILES string of the molecule is Cc1cc(CNC(=O)c2ccncc2)c(C)n1C(C)C. The normalized spacial score (nSPS) is 10.8. The zero-order valence-electron chi connectivity index (χ0n) is 12.5. The molecule has 0 saturated heterocycles. The van der Waals surface area contributed by atoms with Gasteiger partial charge in [-0.25, -0.2) is 0 Å². The fourth-order valence-electron chi connectivity index (χ4n) is 2.60. The Labute approximate surface area is 119 Å². The summed E-state index contributed by atoms with van der Waals surface area (Å²) in [5, 5.41) is 2.96. The van der Waals surface area contributed by atoms with E-state index < -0.39 is 0 Å². The summed E-state index contributed by atoms with van der Waals surface area (Å²) in [6.45, 7) is 9.08. The van der Waals surface area contributed by atoms with E-state index in [2.05, 4.69) is 48.6 Å². The molecule has 0 spiro atoms. The van der Waals surface area contributed by atoms with E-state index in [9.17, 15) is 4.79 Å². The van der Waals surface area contributed by atoms with E-state index in [-0.39, 0.29) is 5.91 Å². The first-order chi connectivity index (χ1) is 9.50. The largest absolute Gasteiger partial charge is 0.348 e. The lowest BCUT2D eigenvalue weighted by Crippen LogP contribution is -2.23. The highest BCUT2D eigenvalue weighted by Gasteiger charge is 2.12. The third kappa shape index (κ3) is 2.90. The van der Waals surface area contributed by atoms with E-state index >= 15 is 0 Å². The van der Waals surface area contributed by atoms with Gasteiger partial charge in [-0.05, 0) is 51.5 Å². The van der Waals surface area contributed by atoms with Crippen molar-refractivity contribution in [1.29, 1.82) is 0 Å². The first-order valence-electron chi connectivity index (χ1n) is 6.86. The second-order valence-corrected chi connectivity index (χ2v) is 5.28. The van der Waals surface area contributed by atoms with Gasteiger partial charge in [-0.15, -0.1) is 0 Å². The molecule has 0 unspecified atom stereocenters. The van der Waals surface area contributed by atoms with Crippen LogP contribution in [0.25, 0.3) is 0 Å². The fourth-order valence-corrected chi connectivity index (χ4v) is 2.60. The van der Waals surface area contributed by atoms with Crippen molar-refractivity contribution in [1.82, 2.24) is 14.9 Å². The van der Waals surface area contributed by atoms with E-state index in [0.29, 0.717) is 18.2 Å². The quantitative estimate of drug-likeness (QED) is 0.929. The predicted molar refractivity (Wildman–Crippen MR) is 79.7 cm³/mol. The van der Waals surface area contributed by atoms with E-state index in [0.717, 1.165) is 0 Å². The van der Waals surface area contributed by atoms with Gasteiger partial charge >= 0.3 is 0 Å². The highest BCUT2D eigenvalue weighted by molar-refractivity contribution is 5.93. The summed E-state index contributed by atoms with van der Waals surface area (Å²) in [7, 11) is 0. The second-order valence-electron chi connectivity index (χ2n) is 5.28. The third-order valence-electron chi connectivity index (χ3n) is 3.49. The average molecular weight is 271 g/mol. The predicted octanol–water partition coefficient (Wildman–Crippen LogP) is 3.01. The molecule has 20 heavy (non-hydrogen) atoms. The highest BCUT2D eigenvalue weighted by atomic mass is 16.1. The summed E-state index contributed by atoms with van der Waals surface area (Å²) in [5.74, 6) is -0.0678. The van der Waals surface area contributed by atoms with E-state index in [1.165, 1.54) is 17.0 Å². The van der Waals surface area contributed by atoms with Crippen molar-refractivity contribution in [3.05, 3.63) is 53.1 Å². The number of pyridine rings is 1. The smallest absolute Gasteiger partial charge is 0.251 e. The molecular weight excluding hydrogens is 250 g/mol. The number of carbonyl (C=O) groups excluding carboxylic acids is 1. The molecule has 0 fully saturated rings. The number of carbonyl (C=O) groups is 1. The van der Waals surface area contributed by atoms with Crippen LogP contribution in [0.1, 0.15) is 47.2 Å². The van der Waals surface area contributed by atoms with Crippen LogP contribution >= 0.6 is 0 Å². The molecule has 2 aromatic rings. The van der Waals surface area contributed by atoms with Crippen LogP contribution in [0.15, 0.2) is 30.6 Å². The maximum atomic E-state index is 12.0. The van der Waals surface area contributed by atoms with Crippen LogP contribution < -0.4 is 5.32 Å². The number of hydrogen-bond acceptors (Lipinski definition) is 2. The minimum absolute atomic E-state index is 0.0678. The molecule has 2 heterocycles. The molecule has 0 radical (unpaired) electrons. The minimum atomic E-state index is -0.0678. The average Bonchev–Trinajstić information content (AvgIpc) is 2.71. The van der Waals surface area contributed by atoms with Crippen molar-refractivity contribution in [2.45, 2.75) is 40.3 Å². The number of aromatic nitrogens is 2. The Morgan fingerprint density at radius 2 is 1.95 bits per heavy atom. The summed E-state index contributed by atoms with van der Waals surface area (Å²) in [6.07, 6.45) is 3.25. The lowest BCUT2D eigenvalue weighted by molar-refractivity contribution is 0.0951. The summed E-state index contributed by atoms with van der Waals surface area (Å²) in [5.41, 5.74) is 4.24. The molecular formula is C16H21N3O. The van der Waals surface area contributed by atoms with Crippen molar-refractivity contribution in [2.24, 2.45) is 0 Å². The zero-order chi connectivity index (χ0) is 14.7. The zero-order valence-corrected chi connectivity index (χ0v) is 12.5. The summed E-state index contributed by atoms with van der Waals surface area (Å²) >= 11 is 0. The van der Waals surface area contributed by atoms with Crippen molar-refractivity contribution in [3.8, 4) is 0 Å². The Morgan fingerprint density at radius 3 is 2.50 bits per heavy atom. The lowest BCUT2D eigenvalue weighted by atomic mass is 10.2. The first-order valence-corrected chi connectivity index (χ1v) is 6.86. The molecule has 2 aromatic heterocycles. The van der Waals surface area contributed by atoms with Crippen molar-refractivity contribution < 1.29 is 4.79 Å². The highest BCUT2D eigenvalue weighted by Crippen LogP contribution is 2.19. The van der Waals surface area contributed by atoms with Gasteiger partial charge in [-0.2, -0.15) is 0 Å².